The van der Waals surface area contributed by atoms with Crippen molar-refractivity contribution in [3.63, 3.8) is 0 Å². The minimum atomic E-state index is 0. The smallest absolute Gasteiger partial charge is 0.191 e. The number of rotatable bonds is 11. The minimum absolute atomic E-state index is 0. The second kappa shape index (κ2) is 14.8. The first-order valence-corrected chi connectivity index (χ1v) is 10.3. The number of aromatic hydroxyl groups is 1. The zero-order chi connectivity index (χ0) is 20.9. The molecule has 0 saturated heterocycles. The Hall–Kier alpha value is -2.16. The monoisotopic (exact) mass is 527 g/mol. The van der Waals surface area contributed by atoms with Gasteiger partial charge in [-0.25, -0.2) is 0 Å². The van der Waals surface area contributed by atoms with Crippen LogP contribution < -0.4 is 20.1 Å². The van der Waals surface area contributed by atoms with Crippen LogP contribution in [0.5, 0.6) is 17.2 Å². The Morgan fingerprint density at radius 2 is 1.63 bits per heavy atom. The van der Waals surface area contributed by atoms with Crippen LogP contribution >= 0.6 is 24.0 Å². The first-order chi connectivity index (χ1) is 14.2. The van der Waals surface area contributed by atoms with Gasteiger partial charge in [0.1, 0.15) is 5.75 Å². The average Bonchev–Trinajstić information content (AvgIpc) is 2.70. The van der Waals surface area contributed by atoms with Gasteiger partial charge in [0.2, 0.25) is 0 Å². The summed E-state index contributed by atoms with van der Waals surface area (Å²) in [5.41, 5.74) is 2.25. The molecule has 6 nitrogen and oxygen atoms in total. The van der Waals surface area contributed by atoms with Crippen LogP contribution in [0.2, 0.25) is 0 Å². The molecule has 0 atom stereocenters. The van der Waals surface area contributed by atoms with E-state index in [0.29, 0.717) is 25.5 Å². The summed E-state index contributed by atoms with van der Waals surface area (Å²) in [6.07, 6.45) is 1.63. The molecule has 3 N–H and O–H groups in total. The zero-order valence-corrected chi connectivity index (χ0v) is 20.4. The van der Waals surface area contributed by atoms with Crippen LogP contribution in [0.1, 0.15) is 31.9 Å². The Morgan fingerprint density at radius 3 is 2.33 bits per heavy atom. The maximum Gasteiger partial charge on any atom is 0.191 e. The molecule has 2 aromatic carbocycles. The van der Waals surface area contributed by atoms with Crippen molar-refractivity contribution in [3.8, 4) is 17.2 Å². The first-order valence-electron chi connectivity index (χ1n) is 10.3. The third-order valence-corrected chi connectivity index (χ3v) is 4.24. The van der Waals surface area contributed by atoms with Gasteiger partial charge in [0.25, 0.3) is 0 Å². The quantitative estimate of drug-likeness (QED) is 0.233. The average molecular weight is 527 g/mol. The lowest BCUT2D eigenvalue weighted by Gasteiger charge is -2.13. The Labute approximate surface area is 197 Å². The maximum absolute atomic E-state index is 9.56. The molecule has 0 saturated carbocycles. The van der Waals surface area contributed by atoms with Gasteiger partial charge in [-0.2, -0.15) is 0 Å². The lowest BCUT2D eigenvalue weighted by Crippen LogP contribution is -2.38. The van der Waals surface area contributed by atoms with E-state index in [1.807, 2.05) is 45.0 Å². The molecule has 0 unspecified atom stereocenters. The van der Waals surface area contributed by atoms with Crippen LogP contribution in [-0.2, 0) is 12.8 Å². The molecular weight excluding hydrogens is 493 g/mol. The van der Waals surface area contributed by atoms with Crippen LogP contribution in [0.15, 0.2) is 47.5 Å². The van der Waals surface area contributed by atoms with Crippen LogP contribution in [0.4, 0.5) is 0 Å². The predicted molar refractivity (Wildman–Crippen MR) is 134 cm³/mol. The van der Waals surface area contributed by atoms with Gasteiger partial charge in [0.05, 0.1) is 13.2 Å². The number of hydrogen-bond acceptors (Lipinski definition) is 4. The molecule has 2 aromatic rings. The van der Waals surface area contributed by atoms with E-state index in [0.717, 1.165) is 54.5 Å². The van der Waals surface area contributed by atoms with E-state index in [4.69, 9.17) is 9.47 Å². The highest BCUT2D eigenvalue weighted by Crippen LogP contribution is 2.28. The lowest BCUT2D eigenvalue weighted by atomic mass is 10.1. The molecule has 0 amide bonds. The predicted octanol–water partition coefficient (Wildman–Crippen LogP) is 4.15. The van der Waals surface area contributed by atoms with Crippen molar-refractivity contribution in [2.45, 2.75) is 33.6 Å². The summed E-state index contributed by atoms with van der Waals surface area (Å²) in [4.78, 5) is 4.66. The summed E-state index contributed by atoms with van der Waals surface area (Å²) >= 11 is 0. The van der Waals surface area contributed by atoms with Crippen molar-refractivity contribution in [3.05, 3.63) is 53.6 Å². The fourth-order valence-corrected chi connectivity index (χ4v) is 2.93. The van der Waals surface area contributed by atoms with Gasteiger partial charge in [-0.05, 0) is 69.0 Å². The molecule has 2 rings (SSSR count). The third-order valence-electron chi connectivity index (χ3n) is 4.24. The van der Waals surface area contributed by atoms with Crippen molar-refractivity contribution >= 4 is 29.9 Å². The maximum atomic E-state index is 9.56. The van der Waals surface area contributed by atoms with Gasteiger partial charge in [-0.3, -0.25) is 4.99 Å². The summed E-state index contributed by atoms with van der Waals surface area (Å²) in [5, 5.41) is 16.2. The molecule has 0 fully saturated rings. The molecule has 0 bridgehead atoms. The van der Waals surface area contributed by atoms with Crippen LogP contribution in [0.25, 0.3) is 0 Å². The number of nitrogens with zero attached hydrogens (tertiary/aromatic N) is 1. The number of benzene rings is 2. The number of ether oxygens (including phenoxy) is 2. The standard InChI is InChI=1S/C23H33N3O3.HI/c1-4-24-23(25-14-12-18-8-7-9-20(27)16-18)26-15-13-19-10-11-21(28-5-2)22(17-19)29-6-3;/h7-11,16-17,27H,4-6,12-15H2,1-3H3,(H2,24,25,26);1H. The van der Waals surface area contributed by atoms with E-state index in [9.17, 15) is 5.11 Å². The summed E-state index contributed by atoms with van der Waals surface area (Å²) in [5.74, 6) is 2.66. The fourth-order valence-electron chi connectivity index (χ4n) is 2.93. The molecule has 30 heavy (non-hydrogen) atoms. The number of phenols is 1. The van der Waals surface area contributed by atoms with Crippen molar-refractivity contribution in [2.24, 2.45) is 4.99 Å². The highest BCUT2D eigenvalue weighted by atomic mass is 127. The van der Waals surface area contributed by atoms with Gasteiger partial charge in [-0.15, -0.1) is 24.0 Å². The molecule has 0 aliphatic heterocycles. The van der Waals surface area contributed by atoms with Gasteiger partial charge in [0.15, 0.2) is 17.5 Å². The van der Waals surface area contributed by atoms with Gasteiger partial charge >= 0.3 is 0 Å². The van der Waals surface area contributed by atoms with E-state index in [1.54, 1.807) is 12.1 Å². The second-order valence-corrected chi connectivity index (χ2v) is 6.50. The Bertz CT molecular complexity index is 784. The van der Waals surface area contributed by atoms with E-state index < -0.39 is 0 Å². The molecule has 0 aliphatic rings. The number of nitrogens with one attached hydrogen (secondary N) is 2. The summed E-state index contributed by atoms with van der Waals surface area (Å²) in [6, 6.07) is 13.4. The highest BCUT2D eigenvalue weighted by molar-refractivity contribution is 14.0. The van der Waals surface area contributed by atoms with Gasteiger partial charge < -0.3 is 25.2 Å². The van der Waals surface area contributed by atoms with Gasteiger partial charge in [-0.1, -0.05) is 18.2 Å². The van der Waals surface area contributed by atoms with Crippen molar-refractivity contribution in [1.82, 2.24) is 10.6 Å². The van der Waals surface area contributed by atoms with E-state index >= 15 is 0 Å². The van der Waals surface area contributed by atoms with Crippen LogP contribution in [0.3, 0.4) is 0 Å². The molecule has 7 heteroatoms. The third kappa shape index (κ3) is 9.11. The normalized spacial score (nSPS) is 10.8. The molecular formula is C23H34IN3O3. The number of halogens is 1. The fraction of sp³-hybridized carbons (Fsp3) is 0.435. The Kier molecular flexibility index (Phi) is 12.7. The topological polar surface area (TPSA) is 75.1 Å². The SMILES string of the molecule is CCNC(=NCCc1ccc(OCC)c(OCC)c1)NCCc1cccc(O)c1.I. The van der Waals surface area contributed by atoms with Crippen molar-refractivity contribution in [2.75, 3.05) is 32.8 Å². The van der Waals surface area contributed by atoms with Crippen molar-refractivity contribution < 1.29 is 14.6 Å². The molecule has 0 aliphatic carbocycles. The number of guanidine groups is 1. The zero-order valence-electron chi connectivity index (χ0n) is 18.1. The first kappa shape index (κ1) is 25.9. The number of phenolic OH excluding ortho intramolecular Hbond substituents is 1. The lowest BCUT2D eigenvalue weighted by molar-refractivity contribution is 0.287. The Morgan fingerprint density at radius 1 is 0.900 bits per heavy atom. The summed E-state index contributed by atoms with van der Waals surface area (Å²) < 4.78 is 11.3. The number of hydrogen-bond donors (Lipinski definition) is 3. The Balaban J connectivity index is 0.00000450. The summed E-state index contributed by atoms with van der Waals surface area (Å²) in [6.45, 7) is 9.42. The van der Waals surface area contributed by atoms with Crippen LogP contribution in [-0.4, -0.2) is 43.9 Å². The highest BCUT2D eigenvalue weighted by Gasteiger charge is 2.06. The van der Waals surface area contributed by atoms with Crippen LogP contribution in [0, 0.1) is 0 Å². The van der Waals surface area contributed by atoms with E-state index in [-0.39, 0.29) is 24.0 Å². The van der Waals surface area contributed by atoms with Crippen molar-refractivity contribution in [1.29, 1.82) is 0 Å². The second-order valence-electron chi connectivity index (χ2n) is 6.50. The molecule has 0 spiro atoms. The number of aliphatic imine (C=N–C) groups is 1. The largest absolute Gasteiger partial charge is 0.508 e. The van der Waals surface area contributed by atoms with Gasteiger partial charge in [0, 0.05) is 19.6 Å². The molecule has 166 valence electrons. The minimum Gasteiger partial charge on any atom is -0.508 e. The molecule has 0 radical (unpaired) electrons. The summed E-state index contributed by atoms with van der Waals surface area (Å²) in [7, 11) is 0. The van der Waals surface area contributed by atoms with E-state index in [2.05, 4.69) is 21.7 Å². The van der Waals surface area contributed by atoms with E-state index in [1.165, 1.54) is 0 Å². The molecule has 0 aromatic heterocycles. The molecule has 0 heterocycles.